The van der Waals surface area contributed by atoms with Gasteiger partial charge in [0, 0.05) is 37.4 Å². The maximum Gasteiger partial charge on any atom is 0.221 e. The molecule has 2 aromatic carbocycles. The number of amides is 1. The number of anilines is 2. The van der Waals surface area contributed by atoms with E-state index >= 15 is 0 Å². The molecule has 2 atom stereocenters. The van der Waals surface area contributed by atoms with E-state index in [1.54, 1.807) is 0 Å². The van der Waals surface area contributed by atoms with Gasteiger partial charge in [0.2, 0.25) is 5.91 Å². The molecule has 1 aliphatic rings. The van der Waals surface area contributed by atoms with Crippen molar-refractivity contribution in [2.75, 3.05) is 23.7 Å². The van der Waals surface area contributed by atoms with Crippen LogP contribution in [0.2, 0.25) is 0 Å². The van der Waals surface area contributed by atoms with E-state index in [-0.39, 0.29) is 5.91 Å². The molecule has 1 amide bonds. The van der Waals surface area contributed by atoms with Crippen molar-refractivity contribution in [2.24, 2.45) is 5.92 Å². The van der Waals surface area contributed by atoms with Crippen LogP contribution in [0.5, 0.6) is 0 Å². The number of nitrogens with one attached hydrogen (secondary N) is 2. The number of rotatable bonds is 6. The van der Waals surface area contributed by atoms with Crippen molar-refractivity contribution in [2.45, 2.75) is 32.9 Å². The second-order valence-corrected chi connectivity index (χ2v) is 6.96. The van der Waals surface area contributed by atoms with Crippen molar-refractivity contribution in [3.63, 3.8) is 0 Å². The summed E-state index contributed by atoms with van der Waals surface area (Å²) in [6.45, 7) is 7.11. The summed E-state index contributed by atoms with van der Waals surface area (Å²) < 4.78 is 0. The second kappa shape index (κ2) is 8.17. The number of likely N-dealkylation sites (tertiary alicyclic amines) is 1. The Kier molecular flexibility index (Phi) is 5.71. The molecule has 1 fully saturated rings. The Morgan fingerprint density at radius 1 is 1.12 bits per heavy atom. The van der Waals surface area contributed by atoms with Crippen LogP contribution in [0.1, 0.15) is 25.8 Å². The first-order valence-electron chi connectivity index (χ1n) is 9.00. The van der Waals surface area contributed by atoms with E-state index in [4.69, 9.17) is 0 Å². The molecule has 3 rings (SSSR count). The van der Waals surface area contributed by atoms with E-state index in [1.807, 2.05) is 24.3 Å². The molecular weight excluding hydrogens is 310 g/mol. The van der Waals surface area contributed by atoms with Crippen LogP contribution in [0.25, 0.3) is 0 Å². The van der Waals surface area contributed by atoms with Gasteiger partial charge in [-0.2, -0.15) is 0 Å². The van der Waals surface area contributed by atoms with E-state index in [9.17, 15) is 4.79 Å². The number of benzene rings is 2. The van der Waals surface area contributed by atoms with E-state index in [0.717, 1.165) is 31.0 Å². The summed E-state index contributed by atoms with van der Waals surface area (Å²) in [5, 5.41) is 6.41. The molecular formula is C21H27N3O. The van der Waals surface area contributed by atoms with Crippen molar-refractivity contribution >= 4 is 17.3 Å². The highest BCUT2D eigenvalue weighted by atomic mass is 16.1. The van der Waals surface area contributed by atoms with Crippen LogP contribution in [0.4, 0.5) is 11.4 Å². The molecule has 4 heteroatoms. The Balaban J connectivity index is 1.50. The van der Waals surface area contributed by atoms with Gasteiger partial charge in [0.25, 0.3) is 0 Å². The summed E-state index contributed by atoms with van der Waals surface area (Å²) in [5.41, 5.74) is 3.32. The van der Waals surface area contributed by atoms with Gasteiger partial charge in [-0.3, -0.25) is 9.69 Å². The van der Waals surface area contributed by atoms with Crippen LogP contribution in [0, 0.1) is 5.92 Å². The zero-order valence-electron chi connectivity index (χ0n) is 15.0. The molecule has 0 unspecified atom stereocenters. The summed E-state index contributed by atoms with van der Waals surface area (Å²) in [7, 11) is 0. The topological polar surface area (TPSA) is 44.4 Å². The minimum Gasteiger partial charge on any atom is -0.382 e. The van der Waals surface area contributed by atoms with Gasteiger partial charge >= 0.3 is 0 Å². The van der Waals surface area contributed by atoms with Gasteiger partial charge in [-0.05, 0) is 55.6 Å². The van der Waals surface area contributed by atoms with E-state index in [0.29, 0.717) is 12.0 Å². The van der Waals surface area contributed by atoms with Crippen molar-refractivity contribution in [3.8, 4) is 0 Å². The Morgan fingerprint density at radius 3 is 2.48 bits per heavy atom. The van der Waals surface area contributed by atoms with Crippen molar-refractivity contribution in [1.82, 2.24) is 4.90 Å². The van der Waals surface area contributed by atoms with Gasteiger partial charge in [-0.1, -0.05) is 30.3 Å². The van der Waals surface area contributed by atoms with Gasteiger partial charge in [-0.15, -0.1) is 0 Å². The highest BCUT2D eigenvalue weighted by Crippen LogP contribution is 2.24. The number of carbonyl (C=O) groups excluding carboxylic acids is 1. The number of nitrogens with zero attached hydrogens (tertiary/aromatic N) is 1. The van der Waals surface area contributed by atoms with Crippen molar-refractivity contribution in [1.29, 1.82) is 0 Å². The lowest BCUT2D eigenvalue weighted by Gasteiger charge is -2.23. The summed E-state index contributed by atoms with van der Waals surface area (Å²) in [6, 6.07) is 19.0. The highest BCUT2D eigenvalue weighted by molar-refractivity contribution is 5.88. The molecule has 2 aromatic rings. The Bertz CT molecular complexity index is 684. The fourth-order valence-corrected chi connectivity index (χ4v) is 3.49. The Morgan fingerprint density at radius 2 is 1.80 bits per heavy atom. The predicted octanol–water partition coefficient (Wildman–Crippen LogP) is 3.97. The maximum atomic E-state index is 11.1. The monoisotopic (exact) mass is 337 g/mol. The van der Waals surface area contributed by atoms with Gasteiger partial charge in [0.05, 0.1) is 0 Å². The normalized spacial score (nSPS) is 18.7. The second-order valence-electron chi connectivity index (χ2n) is 6.96. The minimum absolute atomic E-state index is 0.0430. The van der Waals surface area contributed by atoms with Crippen molar-refractivity contribution < 1.29 is 4.79 Å². The summed E-state index contributed by atoms with van der Waals surface area (Å²) in [4.78, 5) is 13.6. The maximum absolute atomic E-state index is 11.1. The smallest absolute Gasteiger partial charge is 0.221 e. The molecule has 0 saturated carbocycles. The largest absolute Gasteiger partial charge is 0.382 e. The standard InChI is InChI=1S/C21H27N3O/c1-16(22-20-8-10-21(11-9-20)23-17(2)25)19-12-13-24(15-19)14-18-6-4-3-5-7-18/h3-11,16,19,22H,12-15H2,1-2H3,(H,23,25)/t16-,19+/m0/s1. The third kappa shape index (κ3) is 5.07. The van der Waals surface area contributed by atoms with Gasteiger partial charge in [0.1, 0.15) is 0 Å². The van der Waals surface area contributed by atoms with E-state index < -0.39 is 0 Å². The Hall–Kier alpha value is -2.33. The first kappa shape index (κ1) is 17.5. The molecule has 0 radical (unpaired) electrons. The molecule has 132 valence electrons. The van der Waals surface area contributed by atoms with Crippen LogP contribution >= 0.6 is 0 Å². The number of hydrogen-bond donors (Lipinski definition) is 2. The lowest BCUT2D eigenvalue weighted by molar-refractivity contribution is -0.114. The SMILES string of the molecule is CC(=O)Nc1ccc(N[C@@H](C)[C@@H]2CCN(Cc3ccccc3)C2)cc1. The van der Waals surface area contributed by atoms with Crippen molar-refractivity contribution in [3.05, 3.63) is 60.2 Å². The van der Waals surface area contributed by atoms with E-state index in [1.165, 1.54) is 18.9 Å². The molecule has 4 nitrogen and oxygen atoms in total. The van der Waals surface area contributed by atoms with Gasteiger partial charge in [-0.25, -0.2) is 0 Å². The molecule has 0 spiro atoms. The average molecular weight is 337 g/mol. The van der Waals surface area contributed by atoms with Crippen LogP contribution in [-0.2, 0) is 11.3 Å². The molecule has 0 aromatic heterocycles. The molecule has 25 heavy (non-hydrogen) atoms. The number of hydrogen-bond acceptors (Lipinski definition) is 3. The summed E-state index contributed by atoms with van der Waals surface area (Å²) in [5.74, 6) is 0.609. The summed E-state index contributed by atoms with van der Waals surface area (Å²) >= 11 is 0. The molecule has 0 aliphatic carbocycles. The van der Waals surface area contributed by atoms with Crippen LogP contribution < -0.4 is 10.6 Å². The van der Waals surface area contributed by atoms with E-state index in [2.05, 4.69) is 52.8 Å². The fourth-order valence-electron chi connectivity index (χ4n) is 3.49. The van der Waals surface area contributed by atoms with Crippen LogP contribution in [-0.4, -0.2) is 29.9 Å². The minimum atomic E-state index is -0.0430. The summed E-state index contributed by atoms with van der Waals surface area (Å²) in [6.07, 6.45) is 1.23. The lowest BCUT2D eigenvalue weighted by atomic mass is 10.0. The first-order chi connectivity index (χ1) is 12.1. The third-order valence-corrected chi connectivity index (χ3v) is 4.86. The molecule has 1 saturated heterocycles. The zero-order valence-corrected chi connectivity index (χ0v) is 15.0. The highest BCUT2D eigenvalue weighted by Gasteiger charge is 2.26. The third-order valence-electron chi connectivity index (χ3n) is 4.86. The molecule has 2 N–H and O–H groups in total. The lowest BCUT2D eigenvalue weighted by Crippen LogP contribution is -2.29. The quantitative estimate of drug-likeness (QED) is 0.838. The molecule has 1 aliphatic heterocycles. The average Bonchev–Trinajstić information content (AvgIpc) is 3.06. The van der Waals surface area contributed by atoms with Gasteiger partial charge in [0.15, 0.2) is 0 Å². The predicted molar refractivity (Wildman–Crippen MR) is 104 cm³/mol. The molecule has 1 heterocycles. The van der Waals surface area contributed by atoms with Gasteiger partial charge < -0.3 is 10.6 Å². The van der Waals surface area contributed by atoms with Crippen LogP contribution in [0.15, 0.2) is 54.6 Å². The zero-order chi connectivity index (χ0) is 17.6. The number of carbonyl (C=O) groups is 1. The Labute approximate surface area is 150 Å². The molecule has 0 bridgehead atoms. The van der Waals surface area contributed by atoms with Crippen LogP contribution in [0.3, 0.4) is 0 Å². The first-order valence-corrected chi connectivity index (χ1v) is 9.00. The fraction of sp³-hybridized carbons (Fsp3) is 0.381.